The first-order valence-corrected chi connectivity index (χ1v) is 21.9. The lowest BCUT2D eigenvalue weighted by atomic mass is 9.94. The molecule has 1 heterocycles. The van der Waals surface area contributed by atoms with Gasteiger partial charge in [0.25, 0.3) is 0 Å². The van der Waals surface area contributed by atoms with E-state index >= 15 is 0 Å². The Morgan fingerprint density at radius 3 is 2.14 bits per heavy atom. The van der Waals surface area contributed by atoms with E-state index in [9.17, 15) is 29.1 Å². The van der Waals surface area contributed by atoms with E-state index in [4.69, 9.17) is 14.2 Å². The lowest BCUT2D eigenvalue weighted by Crippen LogP contribution is -2.51. The predicted molar refractivity (Wildman–Crippen MR) is 237 cm³/mol. The highest BCUT2D eigenvalue weighted by atomic mass is 16.6. The molecule has 13 nitrogen and oxygen atoms in total. The minimum Gasteiger partial charge on any atom is -0.494 e. The Morgan fingerprint density at radius 2 is 1.49 bits per heavy atom. The molecule has 1 fully saturated rings. The number of hydrogen-bond donors (Lipinski definition) is 4. The van der Waals surface area contributed by atoms with Gasteiger partial charge in [0, 0.05) is 25.6 Å². The topological polar surface area (TPSA) is 173 Å². The second-order valence-electron chi connectivity index (χ2n) is 17.9. The molecule has 0 spiro atoms. The normalized spacial score (nSPS) is 16.8. The number of benzene rings is 4. The molecule has 13 heteroatoms. The largest absolute Gasteiger partial charge is 0.494 e. The fourth-order valence-electron chi connectivity index (χ4n) is 9.04. The Kier molecular flexibility index (Phi) is 14.0. The number of aliphatic carboxylic acids is 1. The molecule has 0 saturated carbocycles. The van der Waals surface area contributed by atoms with Gasteiger partial charge in [-0.25, -0.2) is 14.4 Å². The van der Waals surface area contributed by atoms with Crippen LogP contribution < -0.4 is 20.7 Å². The monoisotopic (exact) mass is 858 g/mol. The predicted octanol–water partition coefficient (Wildman–Crippen LogP) is 7.31. The summed E-state index contributed by atoms with van der Waals surface area (Å²) < 4.78 is 17.3. The molecule has 4 amide bonds. The van der Waals surface area contributed by atoms with Crippen molar-refractivity contribution in [3.05, 3.63) is 124 Å². The van der Waals surface area contributed by atoms with Crippen molar-refractivity contribution < 1.29 is 43.3 Å². The number of carboxylic acids is 1. The number of carboxylic acid groups (broad SMARTS) is 1. The number of carbonyl (C=O) groups excluding carboxylic acids is 4. The summed E-state index contributed by atoms with van der Waals surface area (Å²) in [7, 11) is 0. The summed E-state index contributed by atoms with van der Waals surface area (Å²) in [6.45, 7) is 8.73. The number of rotatable bonds is 15. The van der Waals surface area contributed by atoms with E-state index < -0.39 is 35.8 Å². The fraction of sp³-hybridized carbons (Fsp3) is 0.420. The standard InChI is InChI=1S/C50H58N4O9/c1-31-19-20-37(61-23-21-32-12-11-22-54(29-32)44(55)27-43(47(57)58)52-49(60)63-50(2,3)4)26-36(31)28-51-46(56)45(35-24-33-13-5-6-14-34(33)25-35)53-48(59)62-30-42-40-17-9-7-15-38(40)39-16-8-10-18-41(39)42/h5-10,13-20,26,32,35,42-43,45H,11-12,21-25,27-30H2,1-4H3,(H,51,56)(H,52,60)(H,53,59)(H,57,58)/t32?,43-,45-/m0/s1. The Hall–Kier alpha value is -6.37. The van der Waals surface area contributed by atoms with E-state index in [2.05, 4.69) is 52.3 Å². The third-order valence-corrected chi connectivity index (χ3v) is 12.3. The zero-order chi connectivity index (χ0) is 44.7. The molecule has 7 rings (SSSR count). The summed E-state index contributed by atoms with van der Waals surface area (Å²) in [6.07, 6.45) is 1.75. The summed E-state index contributed by atoms with van der Waals surface area (Å²) in [4.78, 5) is 66.5. The third kappa shape index (κ3) is 11.4. The van der Waals surface area contributed by atoms with Crippen molar-refractivity contribution in [3.63, 3.8) is 0 Å². The molecule has 0 bridgehead atoms. The Labute approximate surface area is 368 Å². The molecule has 63 heavy (non-hydrogen) atoms. The smallest absolute Gasteiger partial charge is 0.408 e. The van der Waals surface area contributed by atoms with Crippen molar-refractivity contribution in [2.45, 2.75) is 96.4 Å². The van der Waals surface area contributed by atoms with Crippen LogP contribution in [0.15, 0.2) is 91.0 Å². The first-order valence-electron chi connectivity index (χ1n) is 21.9. The van der Waals surface area contributed by atoms with Crippen LogP contribution >= 0.6 is 0 Å². The molecule has 2 aliphatic carbocycles. The van der Waals surface area contributed by atoms with Crippen molar-refractivity contribution >= 4 is 30.0 Å². The molecular weight excluding hydrogens is 801 g/mol. The number of nitrogens with one attached hydrogen (secondary N) is 3. The van der Waals surface area contributed by atoms with Gasteiger partial charge in [-0.3, -0.25) is 9.59 Å². The summed E-state index contributed by atoms with van der Waals surface area (Å²) in [5.74, 6) is -1.41. The summed E-state index contributed by atoms with van der Waals surface area (Å²) >= 11 is 0. The number of carbonyl (C=O) groups is 5. The molecule has 3 aliphatic rings. The molecule has 1 unspecified atom stereocenters. The first kappa shape index (κ1) is 44.7. The van der Waals surface area contributed by atoms with E-state index in [1.54, 1.807) is 25.7 Å². The molecule has 3 atom stereocenters. The summed E-state index contributed by atoms with van der Waals surface area (Å²) in [5, 5.41) is 18.0. The number of likely N-dealkylation sites (tertiary alicyclic amines) is 1. The molecule has 0 radical (unpaired) electrons. The van der Waals surface area contributed by atoms with Gasteiger partial charge in [0.15, 0.2) is 0 Å². The van der Waals surface area contributed by atoms with E-state index in [1.165, 1.54) is 11.1 Å². The van der Waals surface area contributed by atoms with Gasteiger partial charge in [0.1, 0.15) is 30.0 Å². The molecule has 4 N–H and O–H groups in total. The van der Waals surface area contributed by atoms with E-state index in [1.807, 2.05) is 61.5 Å². The average molecular weight is 859 g/mol. The van der Waals surface area contributed by atoms with E-state index in [-0.39, 0.29) is 49.1 Å². The van der Waals surface area contributed by atoms with Gasteiger partial charge < -0.3 is 40.2 Å². The minimum absolute atomic E-state index is 0.106. The maximum atomic E-state index is 14.1. The number of hydrogen-bond acceptors (Lipinski definition) is 8. The van der Waals surface area contributed by atoms with Gasteiger partial charge in [-0.2, -0.15) is 0 Å². The third-order valence-electron chi connectivity index (χ3n) is 12.3. The maximum absolute atomic E-state index is 14.1. The fourth-order valence-corrected chi connectivity index (χ4v) is 9.04. The second-order valence-corrected chi connectivity index (χ2v) is 17.9. The van der Waals surface area contributed by atoms with Crippen molar-refractivity contribution in [3.8, 4) is 16.9 Å². The number of nitrogens with zero attached hydrogens (tertiary/aromatic N) is 1. The number of fused-ring (bicyclic) bond motifs is 4. The van der Waals surface area contributed by atoms with Crippen molar-refractivity contribution in [2.75, 3.05) is 26.3 Å². The molecular formula is C50H58N4O9. The van der Waals surface area contributed by atoms with Gasteiger partial charge in [-0.05, 0) is 128 Å². The number of piperidine rings is 1. The molecule has 4 aromatic carbocycles. The number of aryl methyl sites for hydroxylation is 1. The SMILES string of the molecule is Cc1ccc(OCCC2CCCN(C(=O)C[C@H](NC(=O)OC(C)(C)C)C(=O)O)C2)cc1CNC(=O)[C@@H](NC(=O)OCC1c2ccccc2-c2ccccc21)C1Cc2ccccc2C1. The van der Waals surface area contributed by atoms with Crippen molar-refractivity contribution in [1.29, 1.82) is 0 Å². The van der Waals surface area contributed by atoms with Crippen LogP contribution in [-0.4, -0.2) is 84.0 Å². The van der Waals surface area contributed by atoms with Crippen LogP contribution in [0.3, 0.4) is 0 Å². The lowest BCUT2D eigenvalue weighted by Gasteiger charge is -2.33. The van der Waals surface area contributed by atoms with Crippen molar-refractivity contribution in [2.24, 2.45) is 11.8 Å². The number of amides is 4. The molecule has 1 saturated heterocycles. The van der Waals surface area contributed by atoms with Crippen LogP contribution in [0.5, 0.6) is 5.75 Å². The second kappa shape index (κ2) is 19.8. The summed E-state index contributed by atoms with van der Waals surface area (Å²) in [5.41, 5.74) is 7.87. The van der Waals surface area contributed by atoms with Crippen molar-refractivity contribution in [1.82, 2.24) is 20.9 Å². The average Bonchev–Trinajstić information content (AvgIpc) is 3.83. The molecule has 4 aromatic rings. The van der Waals surface area contributed by atoms with E-state index in [0.717, 1.165) is 46.2 Å². The highest BCUT2D eigenvalue weighted by Crippen LogP contribution is 2.44. The zero-order valence-electron chi connectivity index (χ0n) is 36.5. The molecule has 0 aromatic heterocycles. The van der Waals surface area contributed by atoms with Gasteiger partial charge in [-0.15, -0.1) is 0 Å². The first-order chi connectivity index (χ1) is 30.2. The summed E-state index contributed by atoms with van der Waals surface area (Å²) in [6, 6.07) is 28.0. The van der Waals surface area contributed by atoms with Gasteiger partial charge >= 0.3 is 18.2 Å². The maximum Gasteiger partial charge on any atom is 0.408 e. The van der Waals surface area contributed by atoms with Gasteiger partial charge in [-0.1, -0.05) is 78.9 Å². The zero-order valence-corrected chi connectivity index (χ0v) is 36.5. The Bertz CT molecular complexity index is 2250. The lowest BCUT2D eigenvalue weighted by molar-refractivity contribution is -0.144. The van der Waals surface area contributed by atoms with Crippen LogP contribution in [0.25, 0.3) is 11.1 Å². The highest BCUT2D eigenvalue weighted by Gasteiger charge is 2.36. The molecule has 332 valence electrons. The van der Waals surface area contributed by atoms with Gasteiger partial charge in [0.2, 0.25) is 11.8 Å². The Balaban J connectivity index is 0.924. The minimum atomic E-state index is -1.40. The van der Waals surface area contributed by atoms with E-state index in [0.29, 0.717) is 44.7 Å². The number of ether oxygens (including phenoxy) is 3. The quantitative estimate of drug-likeness (QED) is 0.0957. The van der Waals surface area contributed by atoms with Crippen LogP contribution in [0.4, 0.5) is 9.59 Å². The highest BCUT2D eigenvalue weighted by molar-refractivity contribution is 5.88. The molecule has 1 aliphatic heterocycles. The number of alkyl carbamates (subject to hydrolysis) is 2. The van der Waals surface area contributed by atoms with Crippen LogP contribution in [-0.2, 0) is 43.2 Å². The van der Waals surface area contributed by atoms with Crippen LogP contribution in [0.1, 0.15) is 85.8 Å². The van der Waals surface area contributed by atoms with Gasteiger partial charge in [0.05, 0.1) is 13.0 Å². The van der Waals surface area contributed by atoms with Crippen LogP contribution in [0, 0.1) is 18.8 Å². The van der Waals surface area contributed by atoms with Crippen LogP contribution in [0.2, 0.25) is 0 Å². The Morgan fingerprint density at radius 1 is 0.841 bits per heavy atom.